The van der Waals surface area contributed by atoms with Crippen molar-refractivity contribution in [2.45, 2.75) is 51.9 Å². The van der Waals surface area contributed by atoms with Gasteiger partial charge < -0.3 is 0 Å². The van der Waals surface area contributed by atoms with Crippen LogP contribution in [-0.4, -0.2) is 19.0 Å². The maximum absolute atomic E-state index is 2.61. The molecule has 0 spiro atoms. The molecular weight excluding hydrogens is 235 g/mol. The molecule has 2 aliphatic rings. The number of hydrogen-bond donors (Lipinski definition) is 0. The molecule has 0 amide bonds. The molecule has 0 aromatic heterocycles. The Morgan fingerprint density at radius 1 is 1.06 bits per heavy atom. The largest absolute Gasteiger partial charge is 0.101 e. The predicted octanol–water partition coefficient (Wildman–Crippen LogP) is 4.24. The molecule has 18 heavy (non-hydrogen) atoms. The second-order valence-electron chi connectivity index (χ2n) is 7.95. The zero-order valence-corrected chi connectivity index (χ0v) is 13.6. The summed E-state index contributed by atoms with van der Waals surface area (Å²) in [5, 5.41) is 1.82. The first-order chi connectivity index (χ1) is 8.17. The first kappa shape index (κ1) is 12.7. The van der Waals surface area contributed by atoms with E-state index in [0.29, 0.717) is 10.8 Å². The molecule has 1 aromatic carbocycles. The van der Waals surface area contributed by atoms with Crippen molar-refractivity contribution in [1.29, 1.82) is 0 Å². The highest BCUT2D eigenvalue weighted by Gasteiger charge is 2.57. The van der Waals surface area contributed by atoms with Gasteiger partial charge in [0.05, 0.1) is 19.0 Å². The molecule has 0 bridgehead atoms. The molecule has 1 heteroatoms. The highest BCUT2D eigenvalue weighted by molar-refractivity contribution is 7.83. The fourth-order valence-electron chi connectivity index (χ4n) is 4.54. The molecular formula is C17H26P+. The molecule has 0 saturated heterocycles. The Balaban J connectivity index is 2.39. The third-order valence-corrected chi connectivity index (χ3v) is 9.55. The molecule has 1 aromatic rings. The monoisotopic (exact) mass is 261 g/mol. The fourth-order valence-corrected chi connectivity index (χ4v) is 10.0. The van der Waals surface area contributed by atoms with E-state index in [2.05, 4.69) is 53.4 Å². The zero-order chi connectivity index (χ0) is 13.3. The third-order valence-electron chi connectivity index (χ3n) is 5.31. The summed E-state index contributed by atoms with van der Waals surface area (Å²) in [6, 6.07) is 4.81. The number of aryl methyl sites for hydroxylation is 1. The van der Waals surface area contributed by atoms with Crippen LogP contribution in [0.5, 0.6) is 0 Å². The molecule has 2 aliphatic heterocycles. The molecule has 0 nitrogen and oxygen atoms in total. The minimum atomic E-state index is -0.870. The van der Waals surface area contributed by atoms with Crippen LogP contribution < -0.4 is 5.30 Å². The normalized spacial score (nSPS) is 31.2. The second kappa shape index (κ2) is 3.40. The summed E-state index contributed by atoms with van der Waals surface area (Å²) >= 11 is 0. The summed E-state index contributed by atoms with van der Waals surface area (Å²) in [5.41, 5.74) is 5.70. The highest BCUT2D eigenvalue weighted by atomic mass is 31.2. The summed E-state index contributed by atoms with van der Waals surface area (Å²) in [7, 11) is -0.870. The van der Waals surface area contributed by atoms with Crippen molar-refractivity contribution in [3.05, 3.63) is 28.8 Å². The predicted molar refractivity (Wildman–Crippen MR) is 84.1 cm³/mol. The van der Waals surface area contributed by atoms with Crippen molar-refractivity contribution in [3.63, 3.8) is 0 Å². The van der Waals surface area contributed by atoms with Crippen molar-refractivity contribution in [3.8, 4) is 0 Å². The molecule has 1 unspecified atom stereocenters. The van der Waals surface area contributed by atoms with Crippen LogP contribution in [0.25, 0.3) is 0 Å². The summed E-state index contributed by atoms with van der Waals surface area (Å²) in [4.78, 5) is 0. The molecule has 0 N–H and O–H groups in total. The molecule has 0 fully saturated rings. The van der Waals surface area contributed by atoms with Crippen molar-refractivity contribution in [2.75, 3.05) is 19.0 Å². The Morgan fingerprint density at radius 3 is 2.39 bits per heavy atom. The van der Waals surface area contributed by atoms with Crippen molar-refractivity contribution < 1.29 is 0 Å². The van der Waals surface area contributed by atoms with Crippen LogP contribution in [0.1, 0.15) is 50.8 Å². The Labute approximate surface area is 113 Å². The van der Waals surface area contributed by atoms with Gasteiger partial charge in [-0.1, -0.05) is 39.8 Å². The van der Waals surface area contributed by atoms with E-state index in [-0.39, 0.29) is 0 Å². The van der Waals surface area contributed by atoms with Gasteiger partial charge in [-0.05, 0) is 24.3 Å². The van der Waals surface area contributed by atoms with Crippen molar-refractivity contribution >= 4 is 12.6 Å². The van der Waals surface area contributed by atoms with Gasteiger partial charge in [0.25, 0.3) is 0 Å². The van der Waals surface area contributed by atoms with Crippen LogP contribution in [0, 0.1) is 6.92 Å². The van der Waals surface area contributed by atoms with Gasteiger partial charge in [-0.25, -0.2) is 0 Å². The average Bonchev–Trinajstić information content (AvgIpc) is 2.45. The highest BCUT2D eigenvalue weighted by Crippen LogP contribution is 2.68. The smallest absolute Gasteiger partial charge is 0.0584 e. The van der Waals surface area contributed by atoms with E-state index in [1.54, 1.807) is 11.1 Å². The molecule has 1 atom stereocenters. The van der Waals surface area contributed by atoms with Crippen molar-refractivity contribution in [1.82, 2.24) is 0 Å². The third kappa shape index (κ3) is 1.48. The van der Waals surface area contributed by atoms with E-state index < -0.39 is 7.26 Å². The van der Waals surface area contributed by atoms with Crippen molar-refractivity contribution in [2.24, 2.45) is 0 Å². The van der Waals surface area contributed by atoms with E-state index in [9.17, 15) is 0 Å². The van der Waals surface area contributed by atoms with E-state index in [4.69, 9.17) is 0 Å². The van der Waals surface area contributed by atoms with E-state index >= 15 is 0 Å². The molecule has 0 radical (unpaired) electrons. The summed E-state index contributed by atoms with van der Waals surface area (Å²) in [6.07, 6.45) is 4.28. The number of hydrogen-bond acceptors (Lipinski definition) is 0. The van der Waals surface area contributed by atoms with Crippen LogP contribution >= 0.6 is 7.26 Å². The lowest BCUT2D eigenvalue weighted by molar-refractivity contribution is 0.506. The molecule has 98 valence electrons. The fraction of sp³-hybridized carbons (Fsp3) is 0.647. The minimum absolute atomic E-state index is 0.387. The Kier molecular flexibility index (Phi) is 2.39. The van der Waals surface area contributed by atoms with E-state index in [1.165, 1.54) is 24.3 Å². The Morgan fingerprint density at radius 2 is 1.72 bits per heavy atom. The lowest BCUT2D eigenvalue weighted by Crippen LogP contribution is -2.35. The van der Waals surface area contributed by atoms with Gasteiger partial charge in [0.1, 0.15) is 5.30 Å². The lowest BCUT2D eigenvalue weighted by atomic mass is 9.77. The quantitative estimate of drug-likeness (QED) is 0.613. The van der Waals surface area contributed by atoms with E-state index in [0.717, 1.165) is 0 Å². The summed E-state index contributed by atoms with van der Waals surface area (Å²) < 4.78 is 0. The van der Waals surface area contributed by atoms with Gasteiger partial charge in [0.15, 0.2) is 0 Å². The average molecular weight is 261 g/mol. The van der Waals surface area contributed by atoms with Crippen LogP contribution in [0.3, 0.4) is 0 Å². The second-order valence-corrected chi connectivity index (χ2v) is 12.0. The lowest BCUT2D eigenvalue weighted by Gasteiger charge is -2.36. The van der Waals surface area contributed by atoms with Gasteiger partial charge in [0, 0.05) is 23.8 Å². The SMILES string of the molecule is Cc1ccc2c3c1C(C)(C)C[P+]3(C)CCC2(C)C. The van der Waals surface area contributed by atoms with E-state index in [1.807, 2.05) is 5.30 Å². The summed E-state index contributed by atoms with van der Waals surface area (Å²) in [5.74, 6) is 0. The standard InChI is InChI=1S/C17H26P/c1-12-7-8-13-15-14(12)17(4,5)11-18(15,6)10-9-16(13,2)3/h7-8H,9-11H2,1-6H3/q+1. The minimum Gasteiger partial charge on any atom is -0.0584 e. The van der Waals surface area contributed by atoms with Gasteiger partial charge in [0.2, 0.25) is 0 Å². The molecule has 3 rings (SSSR count). The first-order valence-electron chi connectivity index (χ1n) is 7.17. The van der Waals surface area contributed by atoms with Crippen LogP contribution in [-0.2, 0) is 10.8 Å². The molecule has 0 saturated carbocycles. The van der Waals surface area contributed by atoms with Gasteiger partial charge in [-0.3, -0.25) is 0 Å². The van der Waals surface area contributed by atoms with Crippen LogP contribution in [0.15, 0.2) is 12.1 Å². The Bertz CT molecular complexity index is 525. The topological polar surface area (TPSA) is 0 Å². The zero-order valence-electron chi connectivity index (χ0n) is 12.7. The number of benzene rings is 1. The number of rotatable bonds is 0. The maximum Gasteiger partial charge on any atom is 0.101 e. The first-order valence-corrected chi connectivity index (χ1v) is 9.78. The maximum atomic E-state index is 2.61. The van der Waals surface area contributed by atoms with Gasteiger partial charge >= 0.3 is 0 Å². The van der Waals surface area contributed by atoms with Crippen LogP contribution in [0.2, 0.25) is 0 Å². The molecule has 2 heterocycles. The Hall–Kier alpha value is -0.350. The summed E-state index contributed by atoms with van der Waals surface area (Å²) in [6.45, 7) is 14.7. The molecule has 0 aliphatic carbocycles. The van der Waals surface area contributed by atoms with Crippen LogP contribution in [0.4, 0.5) is 0 Å². The van der Waals surface area contributed by atoms with Gasteiger partial charge in [-0.2, -0.15) is 0 Å². The van der Waals surface area contributed by atoms with Gasteiger partial charge in [-0.15, -0.1) is 0 Å².